The first-order chi connectivity index (χ1) is 12.3. The van der Waals surface area contributed by atoms with E-state index < -0.39 is 30.8 Å². The molecule has 1 atom stereocenters. The van der Waals surface area contributed by atoms with Crippen molar-refractivity contribution in [2.75, 3.05) is 19.0 Å². The smallest absolute Gasteiger partial charge is 0.406 e. The summed E-state index contributed by atoms with van der Waals surface area (Å²) in [5.74, 6) is -1.26. The highest BCUT2D eigenvalue weighted by atomic mass is 19.4. The van der Waals surface area contributed by atoms with Gasteiger partial charge in [-0.2, -0.15) is 13.2 Å². The zero-order chi connectivity index (χ0) is 18.9. The van der Waals surface area contributed by atoms with Gasteiger partial charge in [0.05, 0.1) is 18.2 Å². The number of nitrogens with zero attached hydrogens (tertiary/aromatic N) is 1. The molecule has 136 valence electrons. The monoisotopic (exact) mass is 364 g/mol. The Hall–Kier alpha value is -3.03. The van der Waals surface area contributed by atoms with Crippen LogP contribution >= 0.6 is 0 Å². The van der Waals surface area contributed by atoms with E-state index in [4.69, 9.17) is 0 Å². The topological polar surface area (TPSA) is 58.6 Å². The molecule has 1 aliphatic rings. The lowest BCUT2D eigenvalue weighted by molar-refractivity contribution is -0.144. The molecule has 1 heterocycles. The number of ether oxygens (including phenoxy) is 1. The average Bonchev–Trinajstić information content (AvgIpc) is 2.62. The summed E-state index contributed by atoms with van der Waals surface area (Å²) in [6, 6.07) is 12.3. The molecule has 0 unspecified atom stereocenters. The second-order valence-corrected chi connectivity index (χ2v) is 5.75. The average molecular weight is 364 g/mol. The summed E-state index contributed by atoms with van der Waals surface area (Å²) in [5.41, 5.74) is 1.32. The van der Waals surface area contributed by atoms with Gasteiger partial charge in [0.25, 0.3) is 5.91 Å². The summed E-state index contributed by atoms with van der Waals surface area (Å²) in [6.45, 7) is -1.39. The van der Waals surface area contributed by atoms with Crippen LogP contribution in [0.1, 0.15) is 32.4 Å². The van der Waals surface area contributed by atoms with E-state index in [-0.39, 0.29) is 11.1 Å². The van der Waals surface area contributed by atoms with Gasteiger partial charge in [-0.05, 0) is 29.8 Å². The summed E-state index contributed by atoms with van der Waals surface area (Å²) in [4.78, 5) is 24.9. The Bertz CT molecular complexity index is 834. The fourth-order valence-electron chi connectivity index (χ4n) is 2.83. The predicted molar refractivity (Wildman–Crippen MR) is 87.7 cm³/mol. The number of carbonyl (C=O) groups excluding carboxylic acids is 2. The SMILES string of the molecule is COC(=O)c1ccc([C@H]2Nc3ccccc3C(=O)N2CC(F)(F)F)cc1. The molecule has 26 heavy (non-hydrogen) atoms. The van der Waals surface area contributed by atoms with Crippen LogP contribution in [0.2, 0.25) is 0 Å². The Kier molecular flexibility index (Phi) is 4.58. The minimum Gasteiger partial charge on any atom is -0.465 e. The van der Waals surface area contributed by atoms with Crippen molar-refractivity contribution in [1.29, 1.82) is 0 Å². The van der Waals surface area contributed by atoms with Crippen molar-refractivity contribution in [3.05, 3.63) is 65.2 Å². The molecule has 0 saturated heterocycles. The summed E-state index contributed by atoms with van der Waals surface area (Å²) >= 11 is 0. The number of amides is 1. The van der Waals surface area contributed by atoms with Crippen molar-refractivity contribution < 1.29 is 27.5 Å². The van der Waals surface area contributed by atoms with Gasteiger partial charge >= 0.3 is 12.1 Å². The van der Waals surface area contributed by atoms with E-state index in [2.05, 4.69) is 10.1 Å². The van der Waals surface area contributed by atoms with Crippen molar-refractivity contribution in [3.63, 3.8) is 0 Å². The molecule has 0 fully saturated rings. The first-order valence-electron chi connectivity index (χ1n) is 7.72. The Labute approximate surface area is 147 Å². The number of rotatable bonds is 3. The molecule has 1 N–H and O–H groups in total. The maximum atomic E-state index is 13.0. The first kappa shape index (κ1) is 17.8. The Morgan fingerprint density at radius 2 is 1.81 bits per heavy atom. The number of methoxy groups -OCH3 is 1. The first-order valence-corrected chi connectivity index (χ1v) is 7.72. The van der Waals surface area contributed by atoms with Crippen molar-refractivity contribution in [1.82, 2.24) is 4.90 Å². The van der Waals surface area contributed by atoms with E-state index in [0.29, 0.717) is 11.3 Å². The molecule has 1 amide bonds. The van der Waals surface area contributed by atoms with Gasteiger partial charge in [0, 0.05) is 5.69 Å². The number of alkyl halides is 3. The molecular formula is C18H15F3N2O3. The normalized spacial score (nSPS) is 16.7. The quantitative estimate of drug-likeness (QED) is 0.846. The van der Waals surface area contributed by atoms with E-state index in [1.165, 1.54) is 37.4 Å². The molecule has 1 aliphatic heterocycles. The summed E-state index contributed by atoms with van der Waals surface area (Å²) in [6.07, 6.45) is -5.56. The van der Waals surface area contributed by atoms with Crippen molar-refractivity contribution in [2.24, 2.45) is 0 Å². The molecule has 2 aromatic carbocycles. The molecule has 0 saturated carbocycles. The lowest BCUT2D eigenvalue weighted by Crippen LogP contribution is -2.47. The summed E-state index contributed by atoms with van der Waals surface area (Å²) in [5, 5.41) is 2.97. The highest BCUT2D eigenvalue weighted by molar-refractivity contribution is 6.01. The second kappa shape index (κ2) is 6.70. The van der Waals surface area contributed by atoms with E-state index in [1.807, 2.05) is 0 Å². The predicted octanol–water partition coefficient (Wildman–Crippen LogP) is 3.60. The Balaban J connectivity index is 1.99. The van der Waals surface area contributed by atoms with Gasteiger partial charge in [-0.25, -0.2) is 4.79 Å². The van der Waals surface area contributed by atoms with Gasteiger partial charge in [-0.15, -0.1) is 0 Å². The lowest BCUT2D eigenvalue weighted by Gasteiger charge is -2.38. The molecular weight excluding hydrogens is 349 g/mol. The molecule has 0 aliphatic carbocycles. The number of fused-ring (bicyclic) bond motifs is 1. The number of halogens is 3. The van der Waals surface area contributed by atoms with Crippen LogP contribution in [-0.4, -0.2) is 36.6 Å². The van der Waals surface area contributed by atoms with Crippen LogP contribution in [0, 0.1) is 0 Å². The summed E-state index contributed by atoms with van der Waals surface area (Å²) in [7, 11) is 1.24. The molecule has 0 aromatic heterocycles. The number of anilines is 1. The van der Waals surface area contributed by atoms with Crippen LogP contribution in [0.25, 0.3) is 0 Å². The number of hydrogen-bond donors (Lipinski definition) is 1. The maximum absolute atomic E-state index is 13.0. The molecule has 3 rings (SSSR count). The number of benzene rings is 2. The van der Waals surface area contributed by atoms with Crippen molar-refractivity contribution in [3.8, 4) is 0 Å². The number of nitrogens with one attached hydrogen (secondary N) is 1. The highest BCUT2D eigenvalue weighted by Gasteiger charge is 2.40. The summed E-state index contributed by atoms with van der Waals surface area (Å²) < 4.78 is 43.6. The van der Waals surface area contributed by atoms with Gasteiger partial charge in [0.15, 0.2) is 0 Å². The number of hydrogen-bond acceptors (Lipinski definition) is 4. The molecule has 5 nitrogen and oxygen atoms in total. The molecule has 2 aromatic rings. The fraction of sp³-hybridized carbons (Fsp3) is 0.222. The van der Waals surface area contributed by atoms with Crippen LogP contribution in [0.4, 0.5) is 18.9 Å². The zero-order valence-electron chi connectivity index (χ0n) is 13.7. The molecule has 0 bridgehead atoms. The number of para-hydroxylation sites is 1. The van der Waals surface area contributed by atoms with E-state index in [9.17, 15) is 22.8 Å². The van der Waals surface area contributed by atoms with Gasteiger partial charge in [0.1, 0.15) is 12.7 Å². The van der Waals surface area contributed by atoms with Crippen LogP contribution in [-0.2, 0) is 4.74 Å². The Morgan fingerprint density at radius 1 is 1.15 bits per heavy atom. The standard InChI is InChI=1S/C18H15F3N2O3/c1-26-17(25)12-8-6-11(7-9-12)15-22-14-5-3-2-4-13(14)16(24)23(15)10-18(19,20)21/h2-9,15,22H,10H2,1H3/t15-/m0/s1. The number of esters is 1. The third-order valence-electron chi connectivity index (χ3n) is 4.02. The Morgan fingerprint density at radius 3 is 2.42 bits per heavy atom. The highest BCUT2D eigenvalue weighted by Crippen LogP contribution is 2.35. The van der Waals surface area contributed by atoms with Gasteiger partial charge < -0.3 is 15.0 Å². The molecule has 0 spiro atoms. The zero-order valence-corrected chi connectivity index (χ0v) is 13.7. The second-order valence-electron chi connectivity index (χ2n) is 5.75. The minimum atomic E-state index is -4.55. The van der Waals surface area contributed by atoms with Crippen LogP contribution in [0.5, 0.6) is 0 Å². The third-order valence-corrected chi connectivity index (χ3v) is 4.02. The van der Waals surface area contributed by atoms with E-state index >= 15 is 0 Å². The fourth-order valence-corrected chi connectivity index (χ4v) is 2.83. The van der Waals surface area contributed by atoms with Crippen molar-refractivity contribution in [2.45, 2.75) is 12.3 Å². The van der Waals surface area contributed by atoms with Crippen LogP contribution in [0.15, 0.2) is 48.5 Å². The lowest BCUT2D eigenvalue weighted by atomic mass is 10.0. The third kappa shape index (κ3) is 3.49. The van der Waals surface area contributed by atoms with Crippen molar-refractivity contribution >= 4 is 17.6 Å². The molecule has 8 heteroatoms. The largest absolute Gasteiger partial charge is 0.465 e. The minimum absolute atomic E-state index is 0.180. The number of carbonyl (C=O) groups is 2. The van der Waals surface area contributed by atoms with Gasteiger partial charge in [-0.1, -0.05) is 24.3 Å². The molecule has 0 radical (unpaired) electrons. The van der Waals surface area contributed by atoms with Crippen LogP contribution in [0.3, 0.4) is 0 Å². The maximum Gasteiger partial charge on any atom is 0.406 e. The van der Waals surface area contributed by atoms with E-state index in [0.717, 1.165) is 4.90 Å². The van der Waals surface area contributed by atoms with Gasteiger partial charge in [-0.3, -0.25) is 4.79 Å². The van der Waals surface area contributed by atoms with Crippen LogP contribution < -0.4 is 5.32 Å². The van der Waals surface area contributed by atoms with E-state index in [1.54, 1.807) is 18.2 Å². The van der Waals surface area contributed by atoms with Gasteiger partial charge in [0.2, 0.25) is 0 Å².